The molecule has 1 atom stereocenters. The van der Waals surface area contributed by atoms with Gasteiger partial charge in [-0.2, -0.15) is 0 Å². The zero-order valence-electron chi connectivity index (χ0n) is 10.3. The summed E-state index contributed by atoms with van der Waals surface area (Å²) in [5, 5.41) is 11.2. The molecule has 0 radical (unpaired) electrons. The summed E-state index contributed by atoms with van der Waals surface area (Å²) in [6.45, 7) is 0. The van der Waals surface area contributed by atoms with Gasteiger partial charge >= 0.3 is 0 Å². The van der Waals surface area contributed by atoms with Crippen LogP contribution >= 0.6 is 0 Å². The van der Waals surface area contributed by atoms with Crippen LogP contribution in [-0.4, -0.2) is 4.92 Å². The van der Waals surface area contributed by atoms with Crippen molar-refractivity contribution in [3.63, 3.8) is 0 Å². The van der Waals surface area contributed by atoms with Crippen molar-refractivity contribution in [2.75, 3.05) is 0 Å². The van der Waals surface area contributed by atoms with E-state index in [2.05, 4.69) is 0 Å². The summed E-state index contributed by atoms with van der Waals surface area (Å²) in [6, 6.07) is 12.6. The Morgan fingerprint density at radius 2 is 1.80 bits per heavy atom. The molecule has 20 heavy (non-hydrogen) atoms. The van der Waals surface area contributed by atoms with Crippen molar-refractivity contribution in [3.05, 3.63) is 81.3 Å². The van der Waals surface area contributed by atoms with Gasteiger partial charge in [0.2, 0.25) is 6.10 Å². The molecular formula is C15H10FNO3. The minimum Gasteiger partial charge on any atom is -0.474 e. The monoisotopic (exact) mass is 271 g/mol. The van der Waals surface area contributed by atoms with Crippen molar-refractivity contribution in [1.29, 1.82) is 0 Å². The largest absolute Gasteiger partial charge is 0.474 e. The van der Waals surface area contributed by atoms with Crippen LogP contribution in [0.3, 0.4) is 0 Å². The molecule has 0 aromatic heterocycles. The van der Waals surface area contributed by atoms with E-state index in [1.807, 2.05) is 0 Å². The van der Waals surface area contributed by atoms with Crippen LogP contribution in [0.15, 0.2) is 54.2 Å². The Hall–Kier alpha value is -2.69. The number of fused-ring (bicyclic) bond motifs is 1. The number of hydrogen-bond acceptors (Lipinski definition) is 3. The van der Waals surface area contributed by atoms with Gasteiger partial charge in [-0.05, 0) is 18.2 Å². The maximum atomic E-state index is 13.0. The van der Waals surface area contributed by atoms with Gasteiger partial charge in [-0.15, -0.1) is 0 Å². The van der Waals surface area contributed by atoms with E-state index in [0.29, 0.717) is 16.9 Å². The molecule has 0 aliphatic carbocycles. The molecule has 5 heteroatoms. The fourth-order valence-corrected chi connectivity index (χ4v) is 2.15. The highest BCUT2D eigenvalue weighted by molar-refractivity contribution is 5.62. The average molecular weight is 271 g/mol. The first-order valence-corrected chi connectivity index (χ1v) is 6.02. The molecule has 0 spiro atoms. The summed E-state index contributed by atoms with van der Waals surface area (Å²) in [5.74, 6) is 0.184. The summed E-state index contributed by atoms with van der Waals surface area (Å²) in [7, 11) is 0. The normalized spacial score (nSPS) is 16.9. The lowest BCUT2D eigenvalue weighted by atomic mass is 10.0. The Bertz CT molecular complexity index is 695. The van der Waals surface area contributed by atoms with Crippen molar-refractivity contribution in [3.8, 4) is 5.75 Å². The summed E-state index contributed by atoms with van der Waals surface area (Å²) in [6.07, 6.45) is 0.660. The Morgan fingerprint density at radius 3 is 2.50 bits per heavy atom. The number of benzene rings is 2. The second-order valence-electron chi connectivity index (χ2n) is 4.41. The molecule has 0 N–H and O–H groups in total. The van der Waals surface area contributed by atoms with Crippen LogP contribution < -0.4 is 4.74 Å². The summed E-state index contributed by atoms with van der Waals surface area (Å²) < 4.78 is 18.7. The minimum absolute atomic E-state index is 0.0599. The van der Waals surface area contributed by atoms with Crippen LogP contribution in [0.5, 0.6) is 5.75 Å². The Balaban J connectivity index is 2.08. The molecule has 3 rings (SSSR count). The van der Waals surface area contributed by atoms with E-state index in [1.54, 1.807) is 24.3 Å². The quantitative estimate of drug-likeness (QED) is 0.619. The fraction of sp³-hybridized carbons (Fsp3) is 0.0667. The molecule has 0 saturated carbocycles. The molecule has 1 aliphatic heterocycles. The summed E-state index contributed by atoms with van der Waals surface area (Å²) >= 11 is 0. The number of rotatable bonds is 2. The van der Waals surface area contributed by atoms with Crippen molar-refractivity contribution < 1.29 is 14.1 Å². The van der Waals surface area contributed by atoms with Crippen molar-refractivity contribution in [2.45, 2.75) is 6.10 Å². The van der Waals surface area contributed by atoms with Gasteiger partial charge in [0.05, 0.1) is 4.92 Å². The smallest absolute Gasteiger partial charge is 0.291 e. The van der Waals surface area contributed by atoms with Gasteiger partial charge in [-0.25, -0.2) is 4.39 Å². The first kappa shape index (κ1) is 12.3. The zero-order chi connectivity index (χ0) is 14.1. The summed E-state index contributed by atoms with van der Waals surface area (Å²) in [4.78, 5) is 10.7. The van der Waals surface area contributed by atoms with Gasteiger partial charge in [-0.3, -0.25) is 10.1 Å². The van der Waals surface area contributed by atoms with E-state index in [0.717, 1.165) is 0 Å². The fourth-order valence-electron chi connectivity index (χ4n) is 2.15. The van der Waals surface area contributed by atoms with Crippen LogP contribution in [0.4, 0.5) is 4.39 Å². The lowest BCUT2D eigenvalue weighted by molar-refractivity contribution is -0.434. The van der Waals surface area contributed by atoms with Crippen molar-refractivity contribution in [1.82, 2.24) is 0 Å². The second kappa shape index (κ2) is 4.77. The van der Waals surface area contributed by atoms with E-state index in [9.17, 15) is 14.5 Å². The highest BCUT2D eigenvalue weighted by atomic mass is 19.1. The lowest BCUT2D eigenvalue weighted by Gasteiger charge is -2.22. The highest BCUT2D eigenvalue weighted by Crippen LogP contribution is 2.37. The number of nitro groups is 1. The van der Waals surface area contributed by atoms with E-state index >= 15 is 0 Å². The molecule has 2 aromatic carbocycles. The predicted octanol–water partition coefficient (Wildman–Crippen LogP) is 3.58. The number of para-hydroxylation sites is 1. The standard InChI is InChI=1S/C15H10FNO3/c16-12-7-5-10(6-8-12)15-13(17(18)19)9-11-3-1-2-4-14(11)20-15/h1-9,15H/t15-/m1/s1. The molecule has 0 unspecified atom stereocenters. The zero-order valence-corrected chi connectivity index (χ0v) is 10.3. The second-order valence-corrected chi connectivity index (χ2v) is 4.41. The third kappa shape index (κ3) is 2.14. The average Bonchev–Trinajstić information content (AvgIpc) is 2.46. The van der Waals surface area contributed by atoms with Gasteiger partial charge < -0.3 is 4.74 Å². The van der Waals surface area contributed by atoms with Crippen LogP contribution in [-0.2, 0) is 0 Å². The van der Waals surface area contributed by atoms with Gasteiger partial charge in [-0.1, -0.05) is 30.3 Å². The van der Waals surface area contributed by atoms with E-state index < -0.39 is 16.8 Å². The van der Waals surface area contributed by atoms with Gasteiger partial charge in [0.25, 0.3) is 5.70 Å². The third-order valence-corrected chi connectivity index (χ3v) is 3.12. The Labute approximate surface area is 114 Å². The number of nitrogens with zero attached hydrogens (tertiary/aromatic N) is 1. The minimum atomic E-state index is -0.833. The van der Waals surface area contributed by atoms with E-state index in [4.69, 9.17) is 4.74 Å². The third-order valence-electron chi connectivity index (χ3n) is 3.12. The molecule has 0 saturated heterocycles. The SMILES string of the molecule is O=[N+]([O-])C1=Cc2ccccc2O[C@@H]1c1ccc(F)cc1. The number of ether oxygens (including phenoxy) is 1. The van der Waals surface area contributed by atoms with Gasteiger partial charge in [0.1, 0.15) is 11.6 Å². The van der Waals surface area contributed by atoms with Crippen LogP contribution in [0, 0.1) is 15.9 Å². The summed E-state index contributed by atoms with van der Waals surface area (Å²) in [5.41, 5.74) is 1.15. The molecule has 4 nitrogen and oxygen atoms in total. The molecule has 1 aliphatic rings. The first-order chi connectivity index (χ1) is 9.65. The number of hydrogen-bond donors (Lipinski definition) is 0. The van der Waals surface area contributed by atoms with E-state index in [1.165, 1.54) is 30.3 Å². The van der Waals surface area contributed by atoms with Crippen molar-refractivity contribution >= 4 is 6.08 Å². The van der Waals surface area contributed by atoms with Gasteiger partial charge in [0, 0.05) is 17.2 Å². The van der Waals surface area contributed by atoms with Gasteiger partial charge in [0.15, 0.2) is 0 Å². The van der Waals surface area contributed by atoms with Crippen LogP contribution in [0.25, 0.3) is 6.08 Å². The lowest BCUT2D eigenvalue weighted by Crippen LogP contribution is -2.19. The molecule has 0 fully saturated rings. The Morgan fingerprint density at radius 1 is 1.10 bits per heavy atom. The Kier molecular flexibility index (Phi) is 2.95. The number of halogens is 1. The van der Waals surface area contributed by atoms with Crippen LogP contribution in [0.2, 0.25) is 0 Å². The maximum Gasteiger partial charge on any atom is 0.291 e. The molecule has 100 valence electrons. The molecule has 0 bridgehead atoms. The highest BCUT2D eigenvalue weighted by Gasteiger charge is 2.32. The first-order valence-electron chi connectivity index (χ1n) is 6.02. The molecule has 0 amide bonds. The molecule has 2 aromatic rings. The van der Waals surface area contributed by atoms with Crippen molar-refractivity contribution in [2.24, 2.45) is 0 Å². The topological polar surface area (TPSA) is 52.4 Å². The van der Waals surface area contributed by atoms with Crippen LogP contribution in [0.1, 0.15) is 17.2 Å². The maximum absolute atomic E-state index is 13.0. The predicted molar refractivity (Wildman–Crippen MR) is 71.2 cm³/mol. The molecule has 1 heterocycles. The van der Waals surface area contributed by atoms with E-state index in [-0.39, 0.29) is 5.70 Å². The molecular weight excluding hydrogens is 261 g/mol.